The molecule has 21 heavy (non-hydrogen) atoms. The average Bonchev–Trinajstić information content (AvgIpc) is 2.86. The van der Waals surface area contributed by atoms with Gasteiger partial charge in [-0.05, 0) is 24.6 Å². The third-order valence-corrected chi connectivity index (χ3v) is 5.04. The number of carbonyl (C=O) groups is 1. The maximum atomic E-state index is 12.5. The van der Waals surface area contributed by atoms with E-state index in [0.717, 1.165) is 16.2 Å². The first kappa shape index (κ1) is 12.7. The largest absolute Gasteiger partial charge is 0.274 e. The molecule has 0 radical (unpaired) electrons. The topological polar surface area (TPSA) is 34.9 Å². The van der Waals surface area contributed by atoms with Crippen LogP contribution in [0.3, 0.4) is 0 Å². The highest BCUT2D eigenvalue weighted by Gasteiger charge is 2.29. The van der Waals surface area contributed by atoms with Gasteiger partial charge in [-0.15, -0.1) is 0 Å². The Balaban J connectivity index is 1.78. The van der Waals surface area contributed by atoms with Crippen LogP contribution in [-0.4, -0.2) is 15.5 Å². The molecular weight excluding hydrogens is 280 g/mol. The second kappa shape index (κ2) is 4.74. The molecule has 0 saturated heterocycles. The van der Waals surface area contributed by atoms with Crippen LogP contribution in [0.4, 0.5) is 0 Å². The summed E-state index contributed by atoms with van der Waals surface area (Å²) in [5, 5.41) is 0.959. The minimum atomic E-state index is 0.128. The molecule has 4 heteroatoms. The number of rotatable bonds is 1. The molecular formula is C17H14N2OS. The van der Waals surface area contributed by atoms with Crippen molar-refractivity contribution in [2.24, 2.45) is 0 Å². The zero-order chi connectivity index (χ0) is 14.4. The Labute approximate surface area is 127 Å². The van der Waals surface area contributed by atoms with Gasteiger partial charge in [0.2, 0.25) is 5.91 Å². The Kier molecular flexibility index (Phi) is 2.86. The van der Waals surface area contributed by atoms with E-state index in [4.69, 9.17) is 0 Å². The lowest BCUT2D eigenvalue weighted by molar-refractivity contribution is 0.0891. The van der Waals surface area contributed by atoms with Crippen molar-refractivity contribution in [1.29, 1.82) is 0 Å². The summed E-state index contributed by atoms with van der Waals surface area (Å²) in [6.07, 6.45) is 0.515. The monoisotopic (exact) mass is 294 g/mol. The molecule has 104 valence electrons. The summed E-state index contributed by atoms with van der Waals surface area (Å²) in [5.74, 6) is 0.128. The van der Waals surface area contributed by atoms with Crippen molar-refractivity contribution >= 4 is 28.7 Å². The highest BCUT2D eigenvalue weighted by atomic mass is 32.2. The quantitative estimate of drug-likeness (QED) is 0.674. The second-order valence-electron chi connectivity index (χ2n) is 5.33. The summed E-state index contributed by atoms with van der Waals surface area (Å²) in [6.45, 7) is 2.07. The van der Waals surface area contributed by atoms with Gasteiger partial charge in [-0.25, -0.2) is 4.98 Å². The Hall–Kier alpha value is -2.07. The number of hydrogen-bond acceptors (Lipinski definition) is 3. The predicted molar refractivity (Wildman–Crippen MR) is 84.8 cm³/mol. The first-order valence-electron chi connectivity index (χ1n) is 6.96. The van der Waals surface area contributed by atoms with E-state index in [1.807, 2.05) is 24.3 Å². The van der Waals surface area contributed by atoms with E-state index in [9.17, 15) is 4.79 Å². The molecule has 0 saturated carbocycles. The number of aryl methyl sites for hydroxylation is 1. The van der Waals surface area contributed by atoms with E-state index in [0.29, 0.717) is 6.42 Å². The molecule has 0 bridgehead atoms. The van der Waals surface area contributed by atoms with E-state index in [2.05, 4.69) is 36.2 Å². The molecule has 1 aliphatic rings. The first-order valence-corrected chi connectivity index (χ1v) is 7.84. The number of nitrogens with zero attached hydrogens (tertiary/aromatic N) is 2. The fourth-order valence-corrected chi connectivity index (χ4v) is 3.94. The zero-order valence-corrected chi connectivity index (χ0v) is 12.4. The number of fused-ring (bicyclic) bond motifs is 3. The van der Waals surface area contributed by atoms with Gasteiger partial charge < -0.3 is 0 Å². The number of aromatic nitrogens is 2. The lowest BCUT2D eigenvalue weighted by Gasteiger charge is -2.22. The Morgan fingerprint density at radius 1 is 1.14 bits per heavy atom. The van der Waals surface area contributed by atoms with Gasteiger partial charge in [0.25, 0.3) is 0 Å². The highest BCUT2D eigenvalue weighted by molar-refractivity contribution is 7.99. The summed E-state index contributed by atoms with van der Waals surface area (Å²) in [5.41, 5.74) is 4.22. The van der Waals surface area contributed by atoms with Crippen molar-refractivity contribution in [2.75, 3.05) is 0 Å². The van der Waals surface area contributed by atoms with Crippen LogP contribution in [-0.2, 0) is 0 Å². The minimum absolute atomic E-state index is 0.128. The van der Waals surface area contributed by atoms with Crippen LogP contribution in [0.15, 0.2) is 53.7 Å². The molecule has 0 spiro atoms. The second-order valence-corrected chi connectivity index (χ2v) is 6.50. The van der Waals surface area contributed by atoms with Gasteiger partial charge in [-0.3, -0.25) is 9.36 Å². The zero-order valence-electron chi connectivity index (χ0n) is 11.6. The van der Waals surface area contributed by atoms with Gasteiger partial charge in [0.05, 0.1) is 11.0 Å². The van der Waals surface area contributed by atoms with Gasteiger partial charge in [0, 0.05) is 11.7 Å². The number of para-hydroxylation sites is 2. The van der Waals surface area contributed by atoms with Gasteiger partial charge in [-0.2, -0.15) is 0 Å². The van der Waals surface area contributed by atoms with Crippen LogP contribution in [0.5, 0.6) is 0 Å². The summed E-state index contributed by atoms with van der Waals surface area (Å²) in [7, 11) is 0. The smallest absolute Gasteiger partial charge is 0.234 e. The summed E-state index contributed by atoms with van der Waals surface area (Å²) in [6, 6.07) is 16.2. The van der Waals surface area contributed by atoms with Crippen LogP contribution >= 0.6 is 11.8 Å². The summed E-state index contributed by atoms with van der Waals surface area (Å²) < 4.78 is 1.75. The molecule has 1 atom stereocenters. The predicted octanol–water partition coefficient (Wildman–Crippen LogP) is 4.22. The standard InChI is InChI=1S/C17H14N2OS/c1-11-6-8-12(9-7-11)15-10-16(20)19-14-5-3-2-4-13(14)18-17(19)21-15/h2-9,15H,10H2,1H3/t15-/m0/s1. The van der Waals surface area contributed by atoms with E-state index in [-0.39, 0.29) is 11.2 Å². The Morgan fingerprint density at radius 3 is 2.71 bits per heavy atom. The van der Waals surface area contributed by atoms with E-state index in [1.54, 1.807) is 16.3 Å². The van der Waals surface area contributed by atoms with Gasteiger partial charge >= 0.3 is 0 Å². The van der Waals surface area contributed by atoms with Crippen molar-refractivity contribution in [3.8, 4) is 0 Å². The van der Waals surface area contributed by atoms with Crippen LogP contribution < -0.4 is 0 Å². The van der Waals surface area contributed by atoms with Crippen LogP contribution in [0.25, 0.3) is 11.0 Å². The Bertz CT molecular complexity index is 836. The summed E-state index contributed by atoms with van der Waals surface area (Å²) in [4.78, 5) is 17.1. The molecule has 3 nitrogen and oxygen atoms in total. The number of thioether (sulfide) groups is 1. The number of hydrogen-bond donors (Lipinski definition) is 0. The summed E-state index contributed by atoms with van der Waals surface area (Å²) >= 11 is 1.68. The van der Waals surface area contributed by atoms with Gasteiger partial charge in [-0.1, -0.05) is 53.7 Å². The lowest BCUT2D eigenvalue weighted by atomic mass is 10.1. The maximum Gasteiger partial charge on any atom is 0.234 e. The SMILES string of the molecule is Cc1ccc([C@@H]2CC(=O)n3c(nc4ccccc43)S2)cc1. The molecule has 3 aromatic rings. The van der Waals surface area contributed by atoms with Crippen molar-refractivity contribution in [3.63, 3.8) is 0 Å². The maximum absolute atomic E-state index is 12.5. The minimum Gasteiger partial charge on any atom is -0.274 e. The Morgan fingerprint density at radius 2 is 1.90 bits per heavy atom. The van der Waals surface area contributed by atoms with E-state index < -0.39 is 0 Å². The normalized spacial score (nSPS) is 18.0. The molecule has 0 unspecified atom stereocenters. The number of imidazole rings is 1. The molecule has 2 heterocycles. The molecule has 0 amide bonds. The fourth-order valence-electron chi connectivity index (χ4n) is 2.71. The third kappa shape index (κ3) is 2.07. The lowest BCUT2D eigenvalue weighted by Crippen LogP contribution is -2.19. The molecule has 1 aliphatic heterocycles. The van der Waals surface area contributed by atoms with Gasteiger partial charge in [0.15, 0.2) is 5.16 Å². The van der Waals surface area contributed by atoms with Crippen LogP contribution in [0.2, 0.25) is 0 Å². The van der Waals surface area contributed by atoms with Crippen molar-refractivity contribution in [2.45, 2.75) is 23.8 Å². The molecule has 0 N–H and O–H groups in total. The van der Waals surface area contributed by atoms with Crippen molar-refractivity contribution in [1.82, 2.24) is 9.55 Å². The highest BCUT2D eigenvalue weighted by Crippen LogP contribution is 2.42. The van der Waals surface area contributed by atoms with Crippen LogP contribution in [0, 0.1) is 6.92 Å². The van der Waals surface area contributed by atoms with E-state index in [1.165, 1.54) is 11.1 Å². The molecule has 1 aromatic heterocycles. The van der Waals surface area contributed by atoms with Crippen molar-refractivity contribution in [3.05, 3.63) is 59.7 Å². The van der Waals surface area contributed by atoms with Crippen molar-refractivity contribution < 1.29 is 4.79 Å². The molecule has 2 aromatic carbocycles. The third-order valence-electron chi connectivity index (χ3n) is 3.84. The average molecular weight is 294 g/mol. The first-order chi connectivity index (χ1) is 10.2. The van der Waals surface area contributed by atoms with Gasteiger partial charge in [0.1, 0.15) is 0 Å². The number of benzene rings is 2. The fraction of sp³-hybridized carbons (Fsp3) is 0.176. The van der Waals surface area contributed by atoms with Crippen LogP contribution in [0.1, 0.15) is 27.6 Å². The van der Waals surface area contributed by atoms with E-state index >= 15 is 0 Å². The molecule has 0 fully saturated rings. The molecule has 0 aliphatic carbocycles. The molecule has 4 rings (SSSR count). The number of carbonyl (C=O) groups excluding carboxylic acids is 1.